The summed E-state index contributed by atoms with van der Waals surface area (Å²) >= 11 is 1.68. The summed E-state index contributed by atoms with van der Waals surface area (Å²) in [6.45, 7) is 8.13. The topological polar surface area (TPSA) is 201 Å². The van der Waals surface area contributed by atoms with Gasteiger partial charge in [-0.3, -0.25) is 24.0 Å². The van der Waals surface area contributed by atoms with Crippen molar-refractivity contribution in [3.05, 3.63) is 36.0 Å². The lowest BCUT2D eigenvalue weighted by Gasteiger charge is -2.19. The first-order valence-electron chi connectivity index (χ1n) is 16.2. The number of thioether (sulfide) groups is 1. The molecule has 46 heavy (non-hydrogen) atoms. The first-order valence-corrected chi connectivity index (χ1v) is 17.6. The van der Waals surface area contributed by atoms with E-state index < -0.39 is 24.0 Å². The molecule has 0 radical (unpaired) electrons. The van der Waals surface area contributed by atoms with Crippen molar-refractivity contribution in [2.75, 3.05) is 25.6 Å². The second-order valence-electron chi connectivity index (χ2n) is 10.5. The number of unbranched alkanes of at least 4 members (excludes halogenated alkanes) is 2. The lowest BCUT2D eigenvalue weighted by atomic mass is 10.0. The van der Waals surface area contributed by atoms with E-state index in [9.17, 15) is 24.0 Å². The third-order valence-corrected chi connectivity index (χ3v) is 7.56. The molecule has 2 aromatic rings. The van der Waals surface area contributed by atoms with E-state index in [0.717, 1.165) is 54.3 Å². The fourth-order valence-electron chi connectivity index (χ4n) is 4.40. The Kier molecular flexibility index (Phi) is 23.6. The molecule has 0 bridgehead atoms. The van der Waals surface area contributed by atoms with Crippen molar-refractivity contribution in [3.8, 4) is 0 Å². The van der Waals surface area contributed by atoms with Crippen molar-refractivity contribution in [2.24, 2.45) is 11.5 Å². The second kappa shape index (κ2) is 25.6. The van der Waals surface area contributed by atoms with E-state index in [2.05, 4.69) is 26.3 Å². The van der Waals surface area contributed by atoms with Crippen LogP contribution in [0.25, 0.3) is 10.9 Å². The third-order valence-electron chi connectivity index (χ3n) is 6.87. The maximum Gasteiger partial charge on any atom is 0.242 e. The van der Waals surface area contributed by atoms with Crippen LogP contribution in [0.4, 0.5) is 0 Å². The largest absolute Gasteiger partial charge is 0.368 e. The van der Waals surface area contributed by atoms with Crippen molar-refractivity contribution in [2.45, 2.75) is 104 Å². The maximum atomic E-state index is 12.1. The van der Waals surface area contributed by atoms with Gasteiger partial charge in [0.2, 0.25) is 29.5 Å². The zero-order chi connectivity index (χ0) is 34.9. The van der Waals surface area contributed by atoms with Crippen LogP contribution in [0.2, 0.25) is 0 Å². The number of likely N-dealkylation sites (N-methyl/N-ethyl adjacent to an activating group) is 1. The van der Waals surface area contributed by atoms with Crippen LogP contribution in [0.1, 0.15) is 84.6 Å². The normalized spacial score (nSPS) is 12.2. The smallest absolute Gasteiger partial charge is 0.242 e. The molecule has 0 fully saturated rings. The molecule has 13 heteroatoms. The molecule has 0 aliphatic carbocycles. The first kappa shape index (κ1) is 42.4. The van der Waals surface area contributed by atoms with Crippen molar-refractivity contribution in [1.82, 2.24) is 26.3 Å². The minimum Gasteiger partial charge on any atom is -0.368 e. The summed E-state index contributed by atoms with van der Waals surface area (Å²) in [5.74, 6) is -0.475. The molecule has 5 amide bonds. The van der Waals surface area contributed by atoms with Gasteiger partial charge in [-0.2, -0.15) is 11.8 Å². The minimum absolute atomic E-state index is 0.0968. The Labute approximate surface area is 278 Å². The number of aromatic amines is 1. The predicted octanol–water partition coefficient (Wildman–Crippen LogP) is 2.89. The monoisotopic (exact) mass is 663 g/mol. The highest BCUT2D eigenvalue weighted by Crippen LogP contribution is 2.19. The van der Waals surface area contributed by atoms with Crippen LogP contribution < -0.4 is 32.7 Å². The molecule has 3 unspecified atom stereocenters. The Bertz CT molecular complexity index is 1190. The van der Waals surface area contributed by atoms with E-state index in [-0.39, 0.29) is 23.6 Å². The van der Waals surface area contributed by atoms with E-state index in [1.165, 1.54) is 0 Å². The summed E-state index contributed by atoms with van der Waals surface area (Å²) < 4.78 is 0. The summed E-state index contributed by atoms with van der Waals surface area (Å²) in [4.78, 5) is 62.0. The van der Waals surface area contributed by atoms with Crippen LogP contribution >= 0.6 is 11.8 Å². The number of benzene rings is 1. The quantitative estimate of drug-likeness (QED) is 0.112. The summed E-state index contributed by atoms with van der Waals surface area (Å²) in [6.07, 6.45) is 9.79. The first-order chi connectivity index (χ1) is 22.1. The fraction of sp³-hybridized carbons (Fsp3) is 0.606. The van der Waals surface area contributed by atoms with Crippen LogP contribution in [0, 0.1) is 0 Å². The summed E-state index contributed by atoms with van der Waals surface area (Å²) in [5.41, 5.74) is 12.7. The number of primary amides is 1. The van der Waals surface area contributed by atoms with E-state index >= 15 is 0 Å². The second-order valence-corrected chi connectivity index (χ2v) is 11.5. The van der Waals surface area contributed by atoms with Crippen molar-refractivity contribution < 1.29 is 24.0 Å². The molecule has 1 aromatic carbocycles. The molecule has 0 spiro atoms. The molecule has 9 N–H and O–H groups in total. The number of carbonyl (C=O) groups excluding carboxylic acids is 5. The molecule has 2 rings (SSSR count). The van der Waals surface area contributed by atoms with Gasteiger partial charge in [-0.05, 0) is 62.8 Å². The molecule has 1 heterocycles. The number of H-pyrrole nitrogens is 1. The van der Waals surface area contributed by atoms with E-state index in [1.807, 2.05) is 57.5 Å². The van der Waals surface area contributed by atoms with Gasteiger partial charge >= 0.3 is 0 Å². The zero-order valence-corrected chi connectivity index (χ0v) is 29.3. The molecule has 0 aliphatic rings. The van der Waals surface area contributed by atoms with Crippen molar-refractivity contribution in [3.63, 3.8) is 0 Å². The Morgan fingerprint density at radius 3 is 2.15 bits per heavy atom. The summed E-state index contributed by atoms with van der Waals surface area (Å²) in [7, 11) is 1.58. The van der Waals surface area contributed by atoms with Gasteiger partial charge in [-0.15, -0.1) is 0 Å². The lowest BCUT2D eigenvalue weighted by molar-refractivity contribution is -0.131. The number of rotatable bonds is 19. The zero-order valence-electron chi connectivity index (χ0n) is 28.5. The van der Waals surface area contributed by atoms with Gasteiger partial charge < -0.3 is 37.7 Å². The number of nitrogens with one attached hydrogen (secondary N) is 5. The summed E-state index contributed by atoms with van der Waals surface area (Å²) in [5, 5.41) is 11.7. The van der Waals surface area contributed by atoms with E-state index in [1.54, 1.807) is 25.7 Å². The Hall–Kier alpha value is -3.58. The van der Waals surface area contributed by atoms with Crippen LogP contribution in [0.3, 0.4) is 0 Å². The standard InChI is InChI=1S/C18H26N4O2.C13H25N3O3S.C2H6/c1-20-18(24)16(22-17(23)9-3-2-6-10-19)11-13-12-21-15-8-5-4-7-14(13)15;1-4-6-10(12(14)18)16-13(19)9(2)15-11(17)7-5-8-20-3;1-2/h4-5,7-8,12,16,21H,2-3,6,9-11,19H2,1H3,(H,20,24)(H,22,23);9-10H,4-8H2,1-3H3,(H2,14,18)(H,15,17)(H,16,19);1-2H3. The Balaban J connectivity index is 0.000000850. The number of para-hydroxylation sites is 1. The van der Waals surface area contributed by atoms with Gasteiger partial charge in [0.1, 0.15) is 18.1 Å². The molecule has 0 saturated heterocycles. The van der Waals surface area contributed by atoms with Gasteiger partial charge in [0.15, 0.2) is 0 Å². The predicted molar refractivity (Wildman–Crippen MR) is 188 cm³/mol. The molecular formula is C33H57N7O5S. The highest BCUT2D eigenvalue weighted by molar-refractivity contribution is 7.98. The number of fused-ring (bicyclic) bond motifs is 1. The number of nitrogens with two attached hydrogens (primary N) is 2. The number of amides is 5. The number of hydrogen-bond donors (Lipinski definition) is 7. The molecule has 0 aliphatic heterocycles. The van der Waals surface area contributed by atoms with Crippen LogP contribution in [0.15, 0.2) is 30.5 Å². The number of hydrogen-bond acceptors (Lipinski definition) is 7. The molecule has 260 valence electrons. The van der Waals surface area contributed by atoms with Gasteiger partial charge in [0.05, 0.1) is 0 Å². The highest BCUT2D eigenvalue weighted by Gasteiger charge is 2.22. The van der Waals surface area contributed by atoms with Gasteiger partial charge in [-0.25, -0.2) is 0 Å². The Morgan fingerprint density at radius 1 is 0.891 bits per heavy atom. The van der Waals surface area contributed by atoms with Gasteiger partial charge in [0.25, 0.3) is 0 Å². The molecular weight excluding hydrogens is 606 g/mol. The van der Waals surface area contributed by atoms with Crippen LogP contribution in [-0.4, -0.2) is 78.2 Å². The van der Waals surface area contributed by atoms with Gasteiger partial charge in [0, 0.05) is 43.4 Å². The third kappa shape index (κ3) is 17.2. The van der Waals surface area contributed by atoms with Crippen molar-refractivity contribution >= 4 is 52.2 Å². The average Bonchev–Trinajstić information content (AvgIpc) is 3.46. The molecule has 0 saturated carbocycles. The highest BCUT2D eigenvalue weighted by atomic mass is 32.2. The van der Waals surface area contributed by atoms with Crippen molar-refractivity contribution in [1.29, 1.82) is 0 Å². The van der Waals surface area contributed by atoms with Crippen LogP contribution in [-0.2, 0) is 30.4 Å². The minimum atomic E-state index is -0.677. The van der Waals surface area contributed by atoms with Crippen LogP contribution in [0.5, 0.6) is 0 Å². The molecule has 3 atom stereocenters. The number of carbonyl (C=O) groups is 5. The van der Waals surface area contributed by atoms with Gasteiger partial charge in [-0.1, -0.05) is 51.8 Å². The van der Waals surface area contributed by atoms with E-state index in [0.29, 0.717) is 32.2 Å². The lowest BCUT2D eigenvalue weighted by Crippen LogP contribution is -2.51. The number of aromatic nitrogens is 1. The summed E-state index contributed by atoms with van der Waals surface area (Å²) in [6, 6.07) is 6.00. The maximum absolute atomic E-state index is 12.1. The fourth-order valence-corrected chi connectivity index (χ4v) is 4.84. The Morgan fingerprint density at radius 2 is 1.54 bits per heavy atom. The SMILES string of the molecule is CC.CCCC(NC(=O)C(C)NC(=O)CCCSC)C(N)=O.CNC(=O)C(Cc1c[nH]c2ccccc12)NC(=O)CCCCCN. The molecule has 1 aromatic heterocycles. The molecule has 12 nitrogen and oxygen atoms in total. The van der Waals surface area contributed by atoms with E-state index in [4.69, 9.17) is 11.5 Å². The average molecular weight is 664 g/mol.